The lowest BCUT2D eigenvalue weighted by molar-refractivity contribution is -0.147. The van der Waals surface area contributed by atoms with E-state index in [4.69, 9.17) is 21.7 Å². The minimum atomic E-state index is -1.77. The maximum atomic E-state index is 12.8. The standard InChI is InChI=1S/C24H27N9O8/c1-33(10-12-9-27-20-18(28-12)19(25)31-24(26)32-20)13-4-2-11(3-5-13)21(38)29-14(6-7-16(34)35)22(39)30-15(23(40)41)8-17(36)37/h2-5,9,14-15H,6-8,10H2,1H3,(H,29,38)(H,30,39)(H,34,35)(H,36,37)(H,40,41)(H4,25,26,27,31,32)/t14-,15+/m0/s1. The zero-order valence-corrected chi connectivity index (χ0v) is 21.6. The van der Waals surface area contributed by atoms with E-state index in [1.165, 1.54) is 18.3 Å². The maximum Gasteiger partial charge on any atom is 0.326 e. The topological polar surface area (TPSA) is 277 Å². The smallest absolute Gasteiger partial charge is 0.326 e. The quantitative estimate of drug-likeness (QED) is 0.133. The number of hydrogen-bond donors (Lipinski definition) is 7. The lowest BCUT2D eigenvalue weighted by Crippen LogP contribution is -2.52. The number of aliphatic carboxylic acids is 3. The Balaban J connectivity index is 1.69. The SMILES string of the molecule is CN(Cc1cnc2nc(N)nc(N)c2n1)c1ccc(C(=O)N[C@@H](CCC(=O)O)C(=O)N[C@H](CC(=O)O)C(=O)O)cc1. The van der Waals surface area contributed by atoms with Gasteiger partial charge in [-0.15, -0.1) is 0 Å². The fourth-order valence-electron chi connectivity index (χ4n) is 3.69. The van der Waals surface area contributed by atoms with Gasteiger partial charge in [-0.1, -0.05) is 0 Å². The van der Waals surface area contributed by atoms with Crippen LogP contribution in [0.5, 0.6) is 0 Å². The summed E-state index contributed by atoms with van der Waals surface area (Å²) in [6.07, 6.45) is -0.264. The first-order chi connectivity index (χ1) is 19.3. The second kappa shape index (κ2) is 13.0. The van der Waals surface area contributed by atoms with Crippen molar-refractivity contribution in [1.82, 2.24) is 30.6 Å². The predicted molar refractivity (Wildman–Crippen MR) is 142 cm³/mol. The Morgan fingerprint density at radius 1 is 0.927 bits per heavy atom. The number of fused-ring (bicyclic) bond motifs is 1. The lowest BCUT2D eigenvalue weighted by atomic mass is 10.1. The molecule has 17 heteroatoms. The normalized spacial score (nSPS) is 12.2. The number of aromatic nitrogens is 4. The molecule has 0 unspecified atom stereocenters. The number of carbonyl (C=O) groups excluding carboxylic acids is 2. The molecule has 0 aliphatic rings. The summed E-state index contributed by atoms with van der Waals surface area (Å²) < 4.78 is 0. The van der Waals surface area contributed by atoms with Gasteiger partial charge in [0.1, 0.15) is 12.1 Å². The molecule has 216 valence electrons. The Bertz CT molecular complexity index is 1480. The van der Waals surface area contributed by atoms with E-state index in [2.05, 4.69) is 25.3 Å². The van der Waals surface area contributed by atoms with Crippen LogP contribution in [0.3, 0.4) is 0 Å². The number of carboxylic acid groups (broad SMARTS) is 3. The number of benzene rings is 1. The van der Waals surface area contributed by atoms with E-state index in [0.717, 1.165) is 0 Å². The van der Waals surface area contributed by atoms with Gasteiger partial charge in [0.2, 0.25) is 11.9 Å². The highest BCUT2D eigenvalue weighted by atomic mass is 16.4. The summed E-state index contributed by atoms with van der Waals surface area (Å²) in [6.45, 7) is 0.302. The zero-order chi connectivity index (χ0) is 30.3. The molecule has 0 spiro atoms. The van der Waals surface area contributed by atoms with Gasteiger partial charge in [-0.05, 0) is 30.7 Å². The Hall–Kier alpha value is -5.61. The fourth-order valence-corrected chi connectivity index (χ4v) is 3.69. The fraction of sp³-hybridized carbons (Fsp3) is 0.292. The van der Waals surface area contributed by atoms with Crippen LogP contribution in [0.4, 0.5) is 17.5 Å². The Labute approximate surface area is 231 Å². The molecule has 0 aliphatic heterocycles. The van der Waals surface area contributed by atoms with Crippen LogP contribution < -0.4 is 27.0 Å². The van der Waals surface area contributed by atoms with Crippen molar-refractivity contribution >= 4 is 58.3 Å². The number of carbonyl (C=O) groups is 5. The van der Waals surface area contributed by atoms with Crippen LogP contribution >= 0.6 is 0 Å². The number of nitrogens with one attached hydrogen (secondary N) is 2. The molecule has 2 aromatic heterocycles. The third-order valence-electron chi connectivity index (χ3n) is 5.73. The van der Waals surface area contributed by atoms with Crippen molar-refractivity contribution in [3.63, 3.8) is 0 Å². The average Bonchev–Trinajstić information content (AvgIpc) is 2.90. The van der Waals surface area contributed by atoms with Crippen molar-refractivity contribution in [2.24, 2.45) is 0 Å². The summed E-state index contributed by atoms with van der Waals surface area (Å²) in [6, 6.07) is 2.99. The summed E-state index contributed by atoms with van der Waals surface area (Å²) in [7, 11) is 1.77. The molecule has 41 heavy (non-hydrogen) atoms. The summed E-state index contributed by atoms with van der Waals surface area (Å²) in [4.78, 5) is 77.0. The highest BCUT2D eigenvalue weighted by molar-refractivity contribution is 5.98. The van der Waals surface area contributed by atoms with E-state index in [9.17, 15) is 29.1 Å². The van der Waals surface area contributed by atoms with Crippen LogP contribution in [0.25, 0.3) is 11.2 Å². The number of hydrogen-bond acceptors (Lipinski definition) is 12. The van der Waals surface area contributed by atoms with Gasteiger partial charge in [-0.25, -0.2) is 14.8 Å². The molecule has 0 radical (unpaired) electrons. The number of nitrogens with two attached hydrogens (primary N) is 2. The van der Waals surface area contributed by atoms with E-state index in [0.29, 0.717) is 23.4 Å². The maximum absolute atomic E-state index is 12.8. The number of rotatable bonds is 13. The molecule has 0 bridgehead atoms. The van der Waals surface area contributed by atoms with Gasteiger partial charge in [0.05, 0.1) is 24.9 Å². The average molecular weight is 570 g/mol. The highest BCUT2D eigenvalue weighted by Crippen LogP contribution is 2.19. The van der Waals surface area contributed by atoms with Gasteiger partial charge in [0.25, 0.3) is 5.91 Å². The van der Waals surface area contributed by atoms with E-state index >= 15 is 0 Å². The Morgan fingerprint density at radius 2 is 1.61 bits per heavy atom. The molecule has 2 amide bonds. The van der Waals surface area contributed by atoms with Crippen LogP contribution in [0.1, 0.15) is 35.3 Å². The van der Waals surface area contributed by atoms with Crippen molar-refractivity contribution in [3.8, 4) is 0 Å². The van der Waals surface area contributed by atoms with Gasteiger partial charge >= 0.3 is 17.9 Å². The van der Waals surface area contributed by atoms with E-state index in [1.807, 2.05) is 10.2 Å². The molecule has 2 heterocycles. The predicted octanol–water partition coefficient (Wildman–Crippen LogP) is -0.772. The van der Waals surface area contributed by atoms with E-state index in [1.54, 1.807) is 19.2 Å². The molecular formula is C24H27N9O8. The van der Waals surface area contributed by atoms with Crippen LogP contribution in [-0.2, 0) is 25.7 Å². The van der Waals surface area contributed by atoms with Crippen LogP contribution in [-0.4, -0.2) is 84.1 Å². The number of nitrogen functional groups attached to an aromatic ring is 2. The van der Waals surface area contributed by atoms with Gasteiger partial charge in [0.15, 0.2) is 17.0 Å². The summed E-state index contributed by atoms with van der Waals surface area (Å²) in [5, 5.41) is 31.5. The van der Waals surface area contributed by atoms with Crippen LogP contribution in [0.15, 0.2) is 30.5 Å². The van der Waals surface area contributed by atoms with E-state index < -0.39 is 54.6 Å². The first kappa shape index (κ1) is 29.9. The van der Waals surface area contributed by atoms with Crippen LogP contribution in [0, 0.1) is 0 Å². The molecule has 17 nitrogen and oxygen atoms in total. The van der Waals surface area contributed by atoms with Crippen molar-refractivity contribution in [2.45, 2.75) is 37.9 Å². The highest BCUT2D eigenvalue weighted by Gasteiger charge is 2.29. The minimum Gasteiger partial charge on any atom is -0.481 e. The molecule has 0 saturated carbocycles. The summed E-state index contributed by atoms with van der Waals surface area (Å²) in [5.74, 6) is -6.00. The molecule has 2 atom stereocenters. The van der Waals surface area contributed by atoms with E-state index in [-0.39, 0.29) is 29.4 Å². The molecule has 9 N–H and O–H groups in total. The zero-order valence-electron chi connectivity index (χ0n) is 21.6. The number of carboxylic acids is 3. The molecule has 0 saturated heterocycles. The third kappa shape index (κ3) is 8.19. The van der Waals surface area contributed by atoms with Crippen molar-refractivity contribution in [2.75, 3.05) is 23.4 Å². The van der Waals surface area contributed by atoms with Crippen molar-refractivity contribution < 1.29 is 39.3 Å². The molecule has 3 rings (SSSR count). The molecule has 0 aliphatic carbocycles. The van der Waals surface area contributed by atoms with Gasteiger partial charge in [0, 0.05) is 24.7 Å². The molecule has 0 fully saturated rings. The molecule has 3 aromatic rings. The van der Waals surface area contributed by atoms with Gasteiger partial charge in [-0.2, -0.15) is 9.97 Å². The molecular weight excluding hydrogens is 542 g/mol. The van der Waals surface area contributed by atoms with Gasteiger partial charge < -0.3 is 42.3 Å². The van der Waals surface area contributed by atoms with Crippen molar-refractivity contribution in [3.05, 3.63) is 41.7 Å². The van der Waals surface area contributed by atoms with Crippen molar-refractivity contribution in [1.29, 1.82) is 0 Å². The first-order valence-electron chi connectivity index (χ1n) is 12.0. The minimum absolute atomic E-state index is 0.0187. The largest absolute Gasteiger partial charge is 0.481 e. The summed E-state index contributed by atoms with van der Waals surface area (Å²) in [5.41, 5.74) is 13.4. The monoisotopic (exact) mass is 569 g/mol. The number of amides is 2. The Morgan fingerprint density at radius 3 is 2.22 bits per heavy atom. The summed E-state index contributed by atoms with van der Waals surface area (Å²) >= 11 is 0. The number of nitrogens with zero attached hydrogens (tertiary/aromatic N) is 5. The van der Waals surface area contributed by atoms with Crippen LogP contribution in [0.2, 0.25) is 0 Å². The Kier molecular flexibility index (Phi) is 9.46. The number of anilines is 3. The lowest BCUT2D eigenvalue weighted by Gasteiger charge is -2.21. The molecule has 1 aromatic carbocycles. The first-order valence-corrected chi connectivity index (χ1v) is 12.0. The second-order valence-corrected chi connectivity index (χ2v) is 8.86. The van der Waals surface area contributed by atoms with Gasteiger partial charge in [-0.3, -0.25) is 19.2 Å². The second-order valence-electron chi connectivity index (χ2n) is 8.86. The third-order valence-corrected chi connectivity index (χ3v) is 5.73.